The van der Waals surface area contributed by atoms with Gasteiger partial charge in [0, 0.05) is 37.2 Å². The molecule has 0 radical (unpaired) electrons. The summed E-state index contributed by atoms with van der Waals surface area (Å²) < 4.78 is 37.0. The fraction of sp³-hybridized carbons (Fsp3) is 0.381. The number of hydrogen-bond donors (Lipinski definition) is 1. The molecule has 29 heavy (non-hydrogen) atoms. The van der Waals surface area contributed by atoms with E-state index in [1.165, 1.54) is 10.6 Å². The van der Waals surface area contributed by atoms with E-state index in [2.05, 4.69) is 5.32 Å². The van der Waals surface area contributed by atoms with E-state index in [4.69, 9.17) is 9.47 Å². The molecule has 2 aromatic carbocycles. The predicted octanol–water partition coefficient (Wildman–Crippen LogP) is 3.55. The Morgan fingerprint density at radius 2 is 1.93 bits per heavy atom. The zero-order chi connectivity index (χ0) is 20.8. The van der Waals surface area contributed by atoms with Crippen LogP contribution in [-0.4, -0.2) is 32.9 Å². The summed E-state index contributed by atoms with van der Waals surface area (Å²) >= 11 is 0. The smallest absolute Gasteiger partial charge is 0.255 e. The molecule has 7 nitrogen and oxygen atoms in total. The van der Waals surface area contributed by atoms with Crippen LogP contribution < -0.4 is 19.1 Å². The minimum absolute atomic E-state index is 0.263. The van der Waals surface area contributed by atoms with Crippen LogP contribution in [0, 0.1) is 0 Å². The van der Waals surface area contributed by atoms with Crippen LogP contribution in [0.3, 0.4) is 0 Å². The molecule has 154 valence electrons. The third-order valence-electron chi connectivity index (χ3n) is 5.31. The number of fused-ring (bicyclic) bond motifs is 2. The number of hydrogen-bond acceptors (Lipinski definition) is 5. The Morgan fingerprint density at radius 3 is 2.66 bits per heavy atom. The number of aryl methyl sites for hydroxylation is 1. The average molecular weight is 416 g/mol. The largest absolute Gasteiger partial charge is 0.449 e. The van der Waals surface area contributed by atoms with E-state index in [1.54, 1.807) is 36.4 Å². The van der Waals surface area contributed by atoms with Crippen molar-refractivity contribution in [2.45, 2.75) is 38.9 Å². The van der Waals surface area contributed by atoms with Gasteiger partial charge >= 0.3 is 0 Å². The Labute approximate surface area is 170 Å². The second kappa shape index (κ2) is 6.95. The lowest BCUT2D eigenvalue weighted by Gasteiger charge is -2.29. The maximum atomic E-state index is 12.7. The Bertz CT molecular complexity index is 1080. The monoisotopic (exact) mass is 416 g/mol. The Hall–Kier alpha value is -2.74. The fourth-order valence-corrected chi connectivity index (χ4v) is 4.63. The molecule has 1 N–H and O–H groups in total. The highest BCUT2D eigenvalue weighted by molar-refractivity contribution is 7.92. The van der Waals surface area contributed by atoms with Crippen LogP contribution in [0.25, 0.3) is 0 Å². The first-order valence-corrected chi connectivity index (χ1v) is 11.5. The molecule has 2 aliphatic heterocycles. The molecule has 0 aliphatic carbocycles. The van der Waals surface area contributed by atoms with Gasteiger partial charge in [0.1, 0.15) is 0 Å². The van der Waals surface area contributed by atoms with Crippen LogP contribution in [-0.2, 0) is 16.4 Å². The Kier molecular flexibility index (Phi) is 4.69. The fourth-order valence-electron chi connectivity index (χ4n) is 3.63. The van der Waals surface area contributed by atoms with Crippen molar-refractivity contribution in [1.82, 2.24) is 0 Å². The van der Waals surface area contributed by atoms with Gasteiger partial charge in [-0.1, -0.05) is 6.92 Å². The number of sulfonamides is 1. The molecule has 8 heteroatoms. The molecule has 0 saturated heterocycles. The lowest BCUT2D eigenvalue weighted by atomic mass is 10.0. The molecule has 0 fully saturated rings. The van der Waals surface area contributed by atoms with Gasteiger partial charge in [-0.25, -0.2) is 8.42 Å². The summed E-state index contributed by atoms with van der Waals surface area (Å²) in [5.41, 5.74) is 2.60. The van der Waals surface area contributed by atoms with Crippen LogP contribution >= 0.6 is 0 Å². The number of nitrogens with zero attached hydrogens (tertiary/aromatic N) is 1. The molecule has 2 aliphatic rings. The van der Waals surface area contributed by atoms with Crippen molar-refractivity contribution in [2.24, 2.45) is 0 Å². The summed E-state index contributed by atoms with van der Waals surface area (Å²) in [5.74, 6) is 0.305. The first kappa shape index (κ1) is 19.6. The molecular formula is C21H24N2O5S. The Morgan fingerprint density at radius 1 is 1.17 bits per heavy atom. The normalized spacial score (nSPS) is 20.3. The maximum absolute atomic E-state index is 12.7. The Balaban J connectivity index is 1.54. The van der Waals surface area contributed by atoms with Gasteiger partial charge in [0.05, 0.1) is 11.9 Å². The minimum atomic E-state index is -3.33. The van der Waals surface area contributed by atoms with E-state index in [0.717, 1.165) is 18.4 Å². The molecule has 1 unspecified atom stereocenters. The summed E-state index contributed by atoms with van der Waals surface area (Å²) in [6, 6.07) is 10.4. The van der Waals surface area contributed by atoms with E-state index >= 15 is 0 Å². The van der Waals surface area contributed by atoms with Gasteiger partial charge in [0.25, 0.3) is 5.91 Å². The molecule has 0 spiro atoms. The third-order valence-corrected chi connectivity index (χ3v) is 6.49. The van der Waals surface area contributed by atoms with Crippen molar-refractivity contribution in [3.05, 3.63) is 47.5 Å². The number of nitrogens with one attached hydrogen (secondary N) is 1. The van der Waals surface area contributed by atoms with E-state index in [0.29, 0.717) is 41.4 Å². The van der Waals surface area contributed by atoms with Crippen molar-refractivity contribution in [3.63, 3.8) is 0 Å². The second-order valence-electron chi connectivity index (χ2n) is 7.59. The molecule has 0 saturated carbocycles. The highest BCUT2D eigenvalue weighted by Gasteiger charge is 2.35. The molecule has 2 heterocycles. The minimum Gasteiger partial charge on any atom is -0.449 e. The van der Waals surface area contributed by atoms with Crippen molar-refractivity contribution in [2.75, 3.05) is 22.4 Å². The van der Waals surface area contributed by atoms with Gasteiger partial charge in [-0.15, -0.1) is 0 Å². The topological polar surface area (TPSA) is 84.9 Å². The zero-order valence-electron chi connectivity index (χ0n) is 16.7. The van der Waals surface area contributed by atoms with Crippen molar-refractivity contribution >= 4 is 27.3 Å². The molecule has 0 aromatic heterocycles. The highest BCUT2D eigenvalue weighted by Crippen LogP contribution is 2.42. The molecular weight excluding hydrogens is 392 g/mol. The molecule has 2 aromatic rings. The van der Waals surface area contributed by atoms with Crippen molar-refractivity contribution in [3.8, 4) is 11.5 Å². The standard InChI is InChI=1S/C21H24N2O5S/c1-4-21(2)27-18-10-8-16(13-19(18)28-21)22-20(24)15-7-9-17-14(12-15)6-5-11-23(17)29(3,25)26/h7-10,12-13H,4-6,11H2,1-3H3,(H,22,24). The second-order valence-corrected chi connectivity index (χ2v) is 9.50. The lowest BCUT2D eigenvalue weighted by Crippen LogP contribution is -2.34. The summed E-state index contributed by atoms with van der Waals surface area (Å²) in [4.78, 5) is 12.7. The summed E-state index contributed by atoms with van der Waals surface area (Å²) in [6.07, 6.45) is 3.36. The molecule has 0 bridgehead atoms. The van der Waals surface area contributed by atoms with E-state index in [-0.39, 0.29) is 5.91 Å². The quantitative estimate of drug-likeness (QED) is 0.824. The number of benzene rings is 2. The summed E-state index contributed by atoms with van der Waals surface area (Å²) in [6.45, 7) is 4.32. The van der Waals surface area contributed by atoms with Crippen LogP contribution in [0.4, 0.5) is 11.4 Å². The van der Waals surface area contributed by atoms with Gasteiger partial charge in [-0.05, 0) is 48.7 Å². The SMILES string of the molecule is CCC1(C)Oc2ccc(NC(=O)c3ccc4c(c3)CCCN4S(C)(=O)=O)cc2O1. The molecule has 1 amide bonds. The lowest BCUT2D eigenvalue weighted by molar-refractivity contribution is -0.0640. The van der Waals surface area contributed by atoms with Crippen LogP contribution in [0.2, 0.25) is 0 Å². The number of carbonyl (C=O) groups is 1. The number of amides is 1. The molecule has 1 atom stereocenters. The average Bonchev–Trinajstić information content (AvgIpc) is 3.02. The first-order valence-electron chi connectivity index (χ1n) is 9.62. The van der Waals surface area contributed by atoms with Gasteiger partial charge in [0.15, 0.2) is 11.5 Å². The van der Waals surface area contributed by atoms with Crippen LogP contribution in [0.15, 0.2) is 36.4 Å². The van der Waals surface area contributed by atoms with E-state index in [1.807, 2.05) is 13.8 Å². The van der Waals surface area contributed by atoms with Crippen molar-refractivity contribution < 1.29 is 22.7 Å². The van der Waals surface area contributed by atoms with Gasteiger partial charge in [-0.2, -0.15) is 0 Å². The van der Waals surface area contributed by atoms with Gasteiger partial charge < -0.3 is 14.8 Å². The predicted molar refractivity (Wildman–Crippen MR) is 111 cm³/mol. The van der Waals surface area contributed by atoms with E-state index < -0.39 is 15.8 Å². The number of rotatable bonds is 4. The van der Waals surface area contributed by atoms with E-state index in [9.17, 15) is 13.2 Å². The number of ether oxygens (including phenoxy) is 2. The van der Waals surface area contributed by atoms with Gasteiger partial charge in [0.2, 0.25) is 15.8 Å². The van der Waals surface area contributed by atoms with Gasteiger partial charge in [-0.3, -0.25) is 9.10 Å². The first-order chi connectivity index (χ1) is 13.7. The highest BCUT2D eigenvalue weighted by atomic mass is 32.2. The third kappa shape index (κ3) is 3.76. The maximum Gasteiger partial charge on any atom is 0.255 e. The van der Waals surface area contributed by atoms with Crippen LogP contribution in [0.5, 0.6) is 11.5 Å². The number of anilines is 2. The van der Waals surface area contributed by atoms with Crippen molar-refractivity contribution in [1.29, 1.82) is 0 Å². The summed E-state index contributed by atoms with van der Waals surface area (Å²) in [5, 5.41) is 2.88. The molecule has 4 rings (SSSR count). The summed E-state index contributed by atoms with van der Waals surface area (Å²) in [7, 11) is -3.33. The zero-order valence-corrected chi connectivity index (χ0v) is 17.5. The number of carbonyl (C=O) groups excluding carboxylic acids is 1. The van der Waals surface area contributed by atoms with Crippen LogP contribution in [0.1, 0.15) is 42.6 Å².